The van der Waals surface area contributed by atoms with Crippen LogP contribution in [0, 0.1) is 12.8 Å². The lowest BCUT2D eigenvalue weighted by molar-refractivity contribution is 0.0633. The molecule has 152 valence electrons. The number of ether oxygens (including phenoxy) is 1. The molecule has 29 heavy (non-hydrogen) atoms. The number of aryl methyl sites for hydroxylation is 1. The molecule has 2 fully saturated rings. The molecule has 2 aliphatic rings. The average Bonchev–Trinajstić information content (AvgIpc) is 3.57. The zero-order valence-electron chi connectivity index (χ0n) is 16.9. The number of likely N-dealkylation sites (tertiary alicyclic amines) is 1. The minimum absolute atomic E-state index is 0.0170. The number of amides is 2. The van der Waals surface area contributed by atoms with Gasteiger partial charge < -0.3 is 15.0 Å². The first-order chi connectivity index (χ1) is 14.1. The maximum atomic E-state index is 12.8. The van der Waals surface area contributed by atoms with Gasteiger partial charge >= 0.3 is 0 Å². The third kappa shape index (κ3) is 5.17. The topological polar surface area (TPSA) is 58.6 Å². The van der Waals surface area contributed by atoms with Crippen molar-refractivity contribution < 1.29 is 14.3 Å². The SMILES string of the molecule is Cc1ccc(C(=O)N2CCC[C@@H](COc3ccc(C(=O)NC4CC4)cc3)C2)cc1. The standard InChI is InChI=1S/C24H28N2O3/c1-17-4-6-20(7-5-17)24(28)26-14-2-3-18(15-26)16-29-22-12-8-19(9-13-22)23(27)25-21-10-11-21/h4-9,12-13,18,21H,2-3,10-11,14-16H2,1H3,(H,25,27)/t18-/m1/s1. The number of rotatable bonds is 6. The number of nitrogens with one attached hydrogen (secondary N) is 1. The van der Waals surface area contributed by atoms with Crippen LogP contribution in [0.5, 0.6) is 5.75 Å². The molecule has 2 amide bonds. The van der Waals surface area contributed by atoms with Gasteiger partial charge in [0.25, 0.3) is 11.8 Å². The zero-order chi connectivity index (χ0) is 20.2. The monoisotopic (exact) mass is 392 g/mol. The van der Waals surface area contributed by atoms with Crippen molar-refractivity contribution in [1.82, 2.24) is 10.2 Å². The van der Waals surface area contributed by atoms with Crippen LogP contribution in [-0.4, -0.2) is 42.5 Å². The van der Waals surface area contributed by atoms with Gasteiger partial charge in [-0.25, -0.2) is 0 Å². The van der Waals surface area contributed by atoms with Gasteiger partial charge in [0.1, 0.15) is 5.75 Å². The molecule has 5 heteroatoms. The van der Waals surface area contributed by atoms with E-state index in [-0.39, 0.29) is 11.8 Å². The fraction of sp³-hybridized carbons (Fsp3) is 0.417. The third-order valence-corrected chi connectivity index (χ3v) is 5.62. The Morgan fingerprint density at radius 1 is 1.00 bits per heavy atom. The lowest BCUT2D eigenvalue weighted by Gasteiger charge is -2.32. The fourth-order valence-corrected chi connectivity index (χ4v) is 3.68. The summed E-state index contributed by atoms with van der Waals surface area (Å²) in [6.45, 7) is 4.11. The van der Waals surface area contributed by atoms with E-state index in [9.17, 15) is 9.59 Å². The predicted molar refractivity (Wildman–Crippen MR) is 112 cm³/mol. The summed E-state index contributed by atoms with van der Waals surface area (Å²) in [7, 11) is 0. The van der Waals surface area contributed by atoms with Crippen LogP contribution in [0.3, 0.4) is 0 Å². The van der Waals surface area contributed by atoms with Crippen molar-refractivity contribution in [3.8, 4) is 5.75 Å². The summed E-state index contributed by atoms with van der Waals surface area (Å²) in [6.07, 6.45) is 4.21. The number of benzene rings is 2. The highest BCUT2D eigenvalue weighted by Gasteiger charge is 2.25. The van der Waals surface area contributed by atoms with E-state index in [0.29, 0.717) is 30.7 Å². The smallest absolute Gasteiger partial charge is 0.253 e. The highest BCUT2D eigenvalue weighted by Crippen LogP contribution is 2.22. The van der Waals surface area contributed by atoms with Gasteiger partial charge in [0.05, 0.1) is 6.61 Å². The van der Waals surface area contributed by atoms with Crippen LogP contribution in [0.2, 0.25) is 0 Å². The Bertz CT molecular complexity index is 857. The van der Waals surface area contributed by atoms with Crippen molar-refractivity contribution in [2.24, 2.45) is 5.92 Å². The lowest BCUT2D eigenvalue weighted by Crippen LogP contribution is -2.41. The van der Waals surface area contributed by atoms with Crippen LogP contribution < -0.4 is 10.1 Å². The molecule has 2 aromatic carbocycles. The number of carbonyl (C=O) groups excluding carboxylic acids is 2. The van der Waals surface area contributed by atoms with Gasteiger partial charge in [-0.3, -0.25) is 9.59 Å². The van der Waals surface area contributed by atoms with Crippen LogP contribution >= 0.6 is 0 Å². The highest BCUT2D eigenvalue weighted by molar-refractivity contribution is 5.95. The minimum Gasteiger partial charge on any atom is -0.493 e. The summed E-state index contributed by atoms with van der Waals surface area (Å²) in [6, 6.07) is 15.4. The van der Waals surface area contributed by atoms with Crippen molar-refractivity contribution in [2.45, 2.75) is 38.6 Å². The molecule has 2 aromatic rings. The second-order valence-electron chi connectivity index (χ2n) is 8.21. The molecule has 1 atom stereocenters. The van der Waals surface area contributed by atoms with E-state index in [2.05, 4.69) is 5.32 Å². The second kappa shape index (κ2) is 8.68. The summed E-state index contributed by atoms with van der Waals surface area (Å²) in [5.74, 6) is 1.16. The molecule has 5 nitrogen and oxygen atoms in total. The number of piperidine rings is 1. The van der Waals surface area contributed by atoms with E-state index >= 15 is 0 Å². The molecular formula is C24H28N2O3. The Hall–Kier alpha value is -2.82. The van der Waals surface area contributed by atoms with E-state index in [1.165, 1.54) is 0 Å². The largest absolute Gasteiger partial charge is 0.493 e. The summed E-state index contributed by atoms with van der Waals surface area (Å²) in [4.78, 5) is 26.8. The molecule has 1 N–H and O–H groups in total. The molecule has 1 saturated carbocycles. The maximum Gasteiger partial charge on any atom is 0.253 e. The van der Waals surface area contributed by atoms with Crippen LogP contribution in [0.1, 0.15) is 52.0 Å². The average molecular weight is 392 g/mol. The summed E-state index contributed by atoms with van der Waals surface area (Å²) < 4.78 is 5.95. The molecular weight excluding hydrogens is 364 g/mol. The first kappa shape index (κ1) is 19.5. The molecule has 1 heterocycles. The van der Waals surface area contributed by atoms with Crippen molar-refractivity contribution >= 4 is 11.8 Å². The quantitative estimate of drug-likeness (QED) is 0.813. The van der Waals surface area contributed by atoms with Gasteiger partial charge in [0, 0.05) is 36.2 Å². The minimum atomic E-state index is -0.0170. The Kier molecular flexibility index (Phi) is 5.84. The fourth-order valence-electron chi connectivity index (χ4n) is 3.68. The number of hydrogen-bond donors (Lipinski definition) is 1. The van der Waals surface area contributed by atoms with E-state index in [1.807, 2.05) is 48.2 Å². The van der Waals surface area contributed by atoms with Crippen molar-refractivity contribution in [1.29, 1.82) is 0 Å². The van der Waals surface area contributed by atoms with Gasteiger partial charge in [0.15, 0.2) is 0 Å². The molecule has 1 saturated heterocycles. The molecule has 1 aliphatic carbocycles. The Morgan fingerprint density at radius 2 is 1.69 bits per heavy atom. The van der Waals surface area contributed by atoms with E-state index in [4.69, 9.17) is 4.74 Å². The first-order valence-electron chi connectivity index (χ1n) is 10.5. The van der Waals surface area contributed by atoms with Crippen LogP contribution in [0.4, 0.5) is 0 Å². The molecule has 4 rings (SSSR count). The molecule has 0 aromatic heterocycles. The normalized spacial score (nSPS) is 18.9. The van der Waals surface area contributed by atoms with Crippen LogP contribution in [0.25, 0.3) is 0 Å². The van der Waals surface area contributed by atoms with E-state index < -0.39 is 0 Å². The summed E-state index contributed by atoms with van der Waals surface area (Å²) in [5.41, 5.74) is 2.57. The molecule has 0 spiro atoms. The Morgan fingerprint density at radius 3 is 2.38 bits per heavy atom. The molecule has 0 bridgehead atoms. The maximum absolute atomic E-state index is 12.8. The second-order valence-corrected chi connectivity index (χ2v) is 8.21. The summed E-state index contributed by atoms with van der Waals surface area (Å²) in [5, 5.41) is 2.99. The number of nitrogens with zero attached hydrogens (tertiary/aromatic N) is 1. The van der Waals surface area contributed by atoms with Crippen molar-refractivity contribution in [3.63, 3.8) is 0 Å². The summed E-state index contributed by atoms with van der Waals surface area (Å²) >= 11 is 0. The van der Waals surface area contributed by atoms with E-state index in [1.54, 1.807) is 12.1 Å². The van der Waals surface area contributed by atoms with E-state index in [0.717, 1.165) is 49.1 Å². The predicted octanol–water partition coefficient (Wildman–Crippen LogP) is 3.82. The first-order valence-corrected chi connectivity index (χ1v) is 10.5. The Balaban J connectivity index is 1.28. The van der Waals surface area contributed by atoms with Gasteiger partial charge in [-0.05, 0) is 69.0 Å². The highest BCUT2D eigenvalue weighted by atomic mass is 16.5. The molecule has 1 aliphatic heterocycles. The van der Waals surface area contributed by atoms with Crippen molar-refractivity contribution in [3.05, 3.63) is 65.2 Å². The van der Waals surface area contributed by atoms with Crippen LogP contribution in [0.15, 0.2) is 48.5 Å². The number of carbonyl (C=O) groups is 2. The van der Waals surface area contributed by atoms with Gasteiger partial charge in [-0.15, -0.1) is 0 Å². The number of hydrogen-bond acceptors (Lipinski definition) is 3. The van der Waals surface area contributed by atoms with Crippen molar-refractivity contribution in [2.75, 3.05) is 19.7 Å². The third-order valence-electron chi connectivity index (χ3n) is 5.62. The zero-order valence-corrected chi connectivity index (χ0v) is 16.9. The molecule has 0 unspecified atom stereocenters. The molecule has 0 radical (unpaired) electrons. The van der Waals surface area contributed by atoms with Crippen LogP contribution in [-0.2, 0) is 0 Å². The van der Waals surface area contributed by atoms with Gasteiger partial charge in [-0.1, -0.05) is 17.7 Å². The van der Waals surface area contributed by atoms with Gasteiger partial charge in [-0.2, -0.15) is 0 Å². The Labute approximate surface area is 172 Å². The van der Waals surface area contributed by atoms with Gasteiger partial charge in [0.2, 0.25) is 0 Å². The lowest BCUT2D eigenvalue weighted by atomic mass is 9.98.